The van der Waals surface area contributed by atoms with E-state index >= 15 is 0 Å². The summed E-state index contributed by atoms with van der Waals surface area (Å²) in [4.78, 5) is 0. The first-order valence-corrected chi connectivity index (χ1v) is 6.80. The molecule has 0 unspecified atom stereocenters. The molecule has 0 aromatic heterocycles. The fraction of sp³-hybridized carbons (Fsp3) is 0.294. The number of nitrogens with two attached hydrogens (primary N) is 1. The van der Waals surface area contributed by atoms with Crippen LogP contribution in [0.25, 0.3) is 0 Å². The Bertz CT molecular complexity index is 653. The van der Waals surface area contributed by atoms with Gasteiger partial charge in [0.15, 0.2) is 11.5 Å². The van der Waals surface area contributed by atoms with E-state index in [1.807, 2.05) is 25.1 Å². The van der Waals surface area contributed by atoms with Gasteiger partial charge in [-0.15, -0.1) is 0 Å². The van der Waals surface area contributed by atoms with Gasteiger partial charge in [-0.3, -0.25) is 0 Å². The molecule has 0 saturated heterocycles. The molecule has 4 heteroatoms. The van der Waals surface area contributed by atoms with E-state index in [0.29, 0.717) is 28.4 Å². The Morgan fingerprint density at radius 1 is 1.05 bits per heavy atom. The Balaban J connectivity index is 2.46. The fourth-order valence-corrected chi connectivity index (χ4v) is 2.09. The molecule has 0 aliphatic carbocycles. The number of methoxy groups -OCH3 is 1. The highest BCUT2D eigenvalue weighted by atomic mass is 19.1. The summed E-state index contributed by atoms with van der Waals surface area (Å²) in [5.74, 6) is 1.47. The fourth-order valence-electron chi connectivity index (χ4n) is 2.09. The maximum Gasteiger partial charge on any atom is 0.169 e. The summed E-state index contributed by atoms with van der Waals surface area (Å²) in [5.41, 5.74) is 8.12. The van der Waals surface area contributed by atoms with Crippen molar-refractivity contribution in [3.63, 3.8) is 0 Å². The summed E-state index contributed by atoms with van der Waals surface area (Å²) in [6, 6.07) is 8.41. The molecule has 2 N–H and O–H groups in total. The van der Waals surface area contributed by atoms with Crippen LogP contribution in [0.3, 0.4) is 0 Å². The van der Waals surface area contributed by atoms with Gasteiger partial charge >= 0.3 is 0 Å². The Labute approximate surface area is 124 Å². The van der Waals surface area contributed by atoms with Crippen LogP contribution < -0.4 is 15.2 Å². The van der Waals surface area contributed by atoms with E-state index in [4.69, 9.17) is 15.2 Å². The van der Waals surface area contributed by atoms with Crippen LogP contribution >= 0.6 is 0 Å². The first kappa shape index (κ1) is 15.3. The molecule has 0 aliphatic heterocycles. The van der Waals surface area contributed by atoms with Gasteiger partial charge in [0.25, 0.3) is 0 Å². The Hall–Kier alpha value is -2.07. The molecule has 0 fully saturated rings. The van der Waals surface area contributed by atoms with Gasteiger partial charge in [-0.2, -0.15) is 0 Å². The highest BCUT2D eigenvalue weighted by Gasteiger charge is 2.14. The first-order valence-electron chi connectivity index (χ1n) is 6.80. The monoisotopic (exact) mass is 289 g/mol. The van der Waals surface area contributed by atoms with Crippen LogP contribution in [0.4, 0.5) is 4.39 Å². The first-order chi connectivity index (χ1) is 9.92. The molecule has 1 atom stereocenters. The summed E-state index contributed by atoms with van der Waals surface area (Å²) >= 11 is 0. The van der Waals surface area contributed by atoms with Crippen LogP contribution in [-0.4, -0.2) is 7.11 Å². The van der Waals surface area contributed by atoms with E-state index in [9.17, 15) is 4.39 Å². The molecule has 0 bridgehead atoms. The van der Waals surface area contributed by atoms with Gasteiger partial charge in [0.2, 0.25) is 0 Å². The lowest BCUT2D eigenvalue weighted by Crippen LogP contribution is -2.08. The minimum absolute atomic E-state index is 0.287. The molecule has 112 valence electrons. The molecule has 0 aliphatic rings. The summed E-state index contributed by atoms with van der Waals surface area (Å²) in [6.07, 6.45) is 0. The molecular weight excluding hydrogens is 269 g/mol. The number of rotatable bonds is 4. The highest BCUT2D eigenvalue weighted by molar-refractivity contribution is 5.48. The lowest BCUT2D eigenvalue weighted by atomic mass is 10.0. The standard InChI is InChI=1S/C17H20FNO2/c1-10-5-6-15(17(7-10)20-4)21-16-8-11(2)14(18)9-13(16)12(3)19/h5-9,12H,19H2,1-4H3/t12-/m1/s1. The quantitative estimate of drug-likeness (QED) is 0.914. The highest BCUT2D eigenvalue weighted by Crippen LogP contribution is 2.36. The van der Waals surface area contributed by atoms with Crippen molar-refractivity contribution in [1.82, 2.24) is 0 Å². The topological polar surface area (TPSA) is 44.5 Å². The summed E-state index contributed by atoms with van der Waals surface area (Å²) in [5, 5.41) is 0. The Kier molecular flexibility index (Phi) is 4.48. The van der Waals surface area contributed by atoms with E-state index in [0.717, 1.165) is 5.56 Å². The minimum Gasteiger partial charge on any atom is -0.493 e. The summed E-state index contributed by atoms with van der Waals surface area (Å²) < 4.78 is 25.0. The van der Waals surface area contributed by atoms with E-state index < -0.39 is 0 Å². The zero-order valence-corrected chi connectivity index (χ0v) is 12.7. The number of ether oxygens (including phenoxy) is 2. The Morgan fingerprint density at radius 2 is 1.76 bits per heavy atom. The second-order valence-corrected chi connectivity index (χ2v) is 5.18. The van der Waals surface area contributed by atoms with Crippen LogP contribution in [-0.2, 0) is 0 Å². The molecule has 2 aromatic rings. The number of benzene rings is 2. The van der Waals surface area contributed by atoms with Crippen molar-refractivity contribution in [3.05, 3.63) is 52.8 Å². The molecule has 2 rings (SSSR count). The third kappa shape index (κ3) is 3.34. The maximum absolute atomic E-state index is 13.7. The molecule has 0 amide bonds. The van der Waals surface area contributed by atoms with Crippen molar-refractivity contribution in [2.45, 2.75) is 26.8 Å². The molecule has 0 saturated carbocycles. The van der Waals surface area contributed by atoms with Gasteiger partial charge in [-0.1, -0.05) is 6.07 Å². The summed E-state index contributed by atoms with van der Waals surface area (Å²) in [7, 11) is 1.59. The van der Waals surface area contributed by atoms with Crippen molar-refractivity contribution >= 4 is 0 Å². The normalized spacial score (nSPS) is 12.1. The lowest BCUT2D eigenvalue weighted by Gasteiger charge is -2.17. The van der Waals surface area contributed by atoms with Crippen LogP contribution in [0.5, 0.6) is 17.2 Å². The molecule has 21 heavy (non-hydrogen) atoms. The predicted molar refractivity (Wildman–Crippen MR) is 81.5 cm³/mol. The van der Waals surface area contributed by atoms with Crippen molar-refractivity contribution < 1.29 is 13.9 Å². The number of aryl methyl sites for hydroxylation is 2. The molecule has 2 aromatic carbocycles. The van der Waals surface area contributed by atoms with Crippen molar-refractivity contribution in [2.24, 2.45) is 5.73 Å². The van der Waals surface area contributed by atoms with Gasteiger partial charge in [0, 0.05) is 11.6 Å². The van der Waals surface area contributed by atoms with Crippen molar-refractivity contribution in [1.29, 1.82) is 0 Å². The number of hydrogen-bond donors (Lipinski definition) is 1. The van der Waals surface area contributed by atoms with Gasteiger partial charge in [-0.05, 0) is 56.2 Å². The predicted octanol–water partition coefficient (Wildman–Crippen LogP) is 4.26. The van der Waals surface area contributed by atoms with Crippen LogP contribution in [0.1, 0.15) is 29.7 Å². The van der Waals surface area contributed by atoms with E-state index in [-0.39, 0.29) is 11.9 Å². The molecule has 0 heterocycles. The molecule has 3 nitrogen and oxygen atoms in total. The third-order valence-electron chi connectivity index (χ3n) is 3.32. The minimum atomic E-state index is -0.327. The van der Waals surface area contributed by atoms with Crippen LogP contribution in [0.2, 0.25) is 0 Å². The average molecular weight is 289 g/mol. The average Bonchev–Trinajstić information content (AvgIpc) is 2.44. The van der Waals surface area contributed by atoms with E-state index in [1.54, 1.807) is 27.0 Å². The van der Waals surface area contributed by atoms with Crippen molar-refractivity contribution in [2.75, 3.05) is 7.11 Å². The van der Waals surface area contributed by atoms with Crippen LogP contribution in [0.15, 0.2) is 30.3 Å². The second kappa shape index (κ2) is 6.14. The zero-order valence-electron chi connectivity index (χ0n) is 12.7. The van der Waals surface area contributed by atoms with Crippen LogP contribution in [0, 0.1) is 19.7 Å². The van der Waals surface area contributed by atoms with E-state index in [2.05, 4.69) is 0 Å². The Morgan fingerprint density at radius 3 is 2.38 bits per heavy atom. The third-order valence-corrected chi connectivity index (χ3v) is 3.32. The number of hydrogen-bond acceptors (Lipinski definition) is 3. The second-order valence-electron chi connectivity index (χ2n) is 5.18. The maximum atomic E-state index is 13.7. The van der Waals surface area contributed by atoms with Crippen molar-refractivity contribution in [3.8, 4) is 17.2 Å². The molecular formula is C17H20FNO2. The molecule has 0 radical (unpaired) electrons. The van der Waals surface area contributed by atoms with Gasteiger partial charge in [0.05, 0.1) is 7.11 Å². The smallest absolute Gasteiger partial charge is 0.169 e. The SMILES string of the molecule is COc1cc(C)ccc1Oc1cc(C)c(F)cc1[C@@H](C)N. The number of halogens is 1. The zero-order chi connectivity index (χ0) is 15.6. The lowest BCUT2D eigenvalue weighted by molar-refractivity contribution is 0.376. The van der Waals surface area contributed by atoms with Gasteiger partial charge in [0.1, 0.15) is 11.6 Å². The largest absolute Gasteiger partial charge is 0.493 e. The van der Waals surface area contributed by atoms with Gasteiger partial charge < -0.3 is 15.2 Å². The van der Waals surface area contributed by atoms with Gasteiger partial charge in [-0.25, -0.2) is 4.39 Å². The summed E-state index contributed by atoms with van der Waals surface area (Å²) in [6.45, 7) is 5.46. The molecule has 0 spiro atoms. The van der Waals surface area contributed by atoms with E-state index in [1.165, 1.54) is 6.07 Å².